The molecule has 1 fully saturated rings. The van der Waals surface area contributed by atoms with Crippen LogP contribution < -0.4 is 16.4 Å². The van der Waals surface area contributed by atoms with E-state index in [1.807, 2.05) is 0 Å². The van der Waals surface area contributed by atoms with Crippen LogP contribution in [0.4, 0.5) is 5.95 Å². The van der Waals surface area contributed by atoms with Crippen molar-refractivity contribution >= 4 is 29.6 Å². The number of hydrogen-bond donors (Lipinski definition) is 3. The van der Waals surface area contributed by atoms with E-state index in [1.54, 1.807) is 29.9 Å². The molecule has 11 nitrogen and oxygen atoms in total. The molecule has 3 heterocycles. The Morgan fingerprint density at radius 3 is 2.70 bits per heavy atom. The van der Waals surface area contributed by atoms with Crippen LogP contribution in [0.5, 0.6) is 0 Å². The molecule has 0 spiro atoms. The zero-order chi connectivity index (χ0) is 21.4. The Hall–Kier alpha value is -3.60. The first-order valence-corrected chi connectivity index (χ1v) is 9.57. The predicted octanol–water partition coefficient (Wildman–Crippen LogP) is -0.670. The van der Waals surface area contributed by atoms with Gasteiger partial charge in [0.15, 0.2) is 5.82 Å². The monoisotopic (exact) mass is 411 g/mol. The molecule has 2 aromatic rings. The molecule has 2 aliphatic rings. The van der Waals surface area contributed by atoms with Gasteiger partial charge in [-0.2, -0.15) is 10.1 Å². The van der Waals surface area contributed by atoms with Crippen molar-refractivity contribution in [3.63, 3.8) is 0 Å². The lowest BCUT2D eigenvalue weighted by molar-refractivity contribution is -0.136. The summed E-state index contributed by atoms with van der Waals surface area (Å²) in [5.41, 5.74) is 6.78. The number of nitrogens with one attached hydrogen (secondary N) is 2. The Balaban J connectivity index is 1.51. The standard InChI is InChI=1S/C19H21N7O4/c1-25-19(22-14(24-25)6-7-20)21-9-10-2-3-11-12(8-10)18(30)26(17(11)29)13-4-5-15(27)23-16(13)28/h2-3,8,13H,4-7,9,20H2,1H3,(H,21,22,24)(H,23,27,28). The van der Waals surface area contributed by atoms with Crippen molar-refractivity contribution in [2.75, 3.05) is 11.9 Å². The van der Waals surface area contributed by atoms with Crippen molar-refractivity contribution in [3.05, 3.63) is 40.7 Å². The summed E-state index contributed by atoms with van der Waals surface area (Å²) in [5.74, 6) is -0.888. The number of amides is 4. The van der Waals surface area contributed by atoms with E-state index in [1.165, 1.54) is 0 Å². The maximum atomic E-state index is 12.9. The zero-order valence-corrected chi connectivity index (χ0v) is 16.3. The van der Waals surface area contributed by atoms with Crippen LogP contribution in [0.25, 0.3) is 0 Å². The fourth-order valence-electron chi connectivity index (χ4n) is 3.64. The van der Waals surface area contributed by atoms with Gasteiger partial charge >= 0.3 is 0 Å². The summed E-state index contributed by atoms with van der Waals surface area (Å²) < 4.78 is 1.61. The molecule has 1 atom stereocenters. The zero-order valence-electron chi connectivity index (χ0n) is 16.3. The van der Waals surface area contributed by atoms with E-state index >= 15 is 0 Å². The van der Waals surface area contributed by atoms with Crippen molar-refractivity contribution in [3.8, 4) is 0 Å². The molecule has 156 valence electrons. The third-order valence-electron chi connectivity index (χ3n) is 5.13. The Morgan fingerprint density at radius 2 is 1.97 bits per heavy atom. The van der Waals surface area contributed by atoms with Crippen LogP contribution in [0, 0.1) is 0 Å². The first kappa shape index (κ1) is 19.7. The Labute approximate surface area is 171 Å². The van der Waals surface area contributed by atoms with Crippen LogP contribution in [-0.2, 0) is 29.6 Å². The summed E-state index contributed by atoms with van der Waals surface area (Å²) >= 11 is 0. The first-order chi connectivity index (χ1) is 14.4. The van der Waals surface area contributed by atoms with Crippen molar-refractivity contribution in [1.29, 1.82) is 0 Å². The van der Waals surface area contributed by atoms with E-state index < -0.39 is 29.7 Å². The highest BCUT2D eigenvalue weighted by Gasteiger charge is 2.44. The quantitative estimate of drug-likeness (QED) is 0.529. The van der Waals surface area contributed by atoms with Crippen LogP contribution in [0.1, 0.15) is 44.9 Å². The fourth-order valence-corrected chi connectivity index (χ4v) is 3.64. The van der Waals surface area contributed by atoms with Crippen molar-refractivity contribution < 1.29 is 19.2 Å². The summed E-state index contributed by atoms with van der Waals surface area (Å²) in [6.45, 7) is 0.815. The minimum absolute atomic E-state index is 0.0861. The molecule has 1 saturated heterocycles. The summed E-state index contributed by atoms with van der Waals surface area (Å²) in [6.07, 6.45) is 0.784. The molecule has 0 aliphatic carbocycles. The van der Waals surface area contributed by atoms with Gasteiger partial charge in [0.05, 0.1) is 11.1 Å². The number of carbonyl (C=O) groups is 4. The lowest BCUT2D eigenvalue weighted by atomic mass is 10.0. The second kappa shape index (κ2) is 7.67. The molecule has 0 saturated carbocycles. The Kier molecular flexibility index (Phi) is 5.04. The lowest BCUT2D eigenvalue weighted by Gasteiger charge is -2.27. The summed E-state index contributed by atoms with van der Waals surface area (Å²) in [4.78, 5) is 54.4. The highest BCUT2D eigenvalue weighted by atomic mass is 16.2. The Bertz CT molecular complexity index is 1060. The maximum absolute atomic E-state index is 12.9. The number of hydrogen-bond acceptors (Lipinski definition) is 8. The first-order valence-electron chi connectivity index (χ1n) is 9.57. The van der Waals surface area contributed by atoms with Crippen LogP contribution in [0.15, 0.2) is 18.2 Å². The number of aryl methyl sites for hydroxylation is 1. The molecular weight excluding hydrogens is 390 g/mol. The Morgan fingerprint density at radius 1 is 1.20 bits per heavy atom. The third-order valence-corrected chi connectivity index (χ3v) is 5.13. The summed E-state index contributed by atoms with van der Waals surface area (Å²) in [7, 11) is 1.76. The molecule has 4 N–H and O–H groups in total. The number of nitrogens with zero attached hydrogens (tertiary/aromatic N) is 4. The molecule has 11 heteroatoms. The van der Waals surface area contributed by atoms with Crippen LogP contribution in [0.3, 0.4) is 0 Å². The van der Waals surface area contributed by atoms with E-state index in [0.717, 1.165) is 10.5 Å². The molecule has 1 aromatic carbocycles. The van der Waals surface area contributed by atoms with Gasteiger partial charge in [-0.25, -0.2) is 4.68 Å². The van der Waals surface area contributed by atoms with E-state index in [-0.39, 0.29) is 24.0 Å². The molecule has 4 amide bonds. The topological polar surface area (TPSA) is 152 Å². The van der Waals surface area contributed by atoms with Gasteiger partial charge in [-0.1, -0.05) is 6.07 Å². The molecule has 0 bridgehead atoms. The number of anilines is 1. The smallest absolute Gasteiger partial charge is 0.262 e. The maximum Gasteiger partial charge on any atom is 0.262 e. The number of imide groups is 2. The number of rotatable bonds is 6. The van der Waals surface area contributed by atoms with Gasteiger partial charge < -0.3 is 11.1 Å². The number of carbonyl (C=O) groups excluding carboxylic acids is 4. The van der Waals surface area contributed by atoms with Crippen LogP contribution in [0.2, 0.25) is 0 Å². The number of nitrogens with two attached hydrogens (primary N) is 1. The van der Waals surface area contributed by atoms with E-state index in [9.17, 15) is 19.2 Å². The van der Waals surface area contributed by atoms with Gasteiger partial charge in [0.1, 0.15) is 6.04 Å². The number of benzene rings is 1. The number of aromatic nitrogens is 3. The van der Waals surface area contributed by atoms with E-state index in [0.29, 0.717) is 31.3 Å². The SMILES string of the molecule is Cn1nc(CCN)nc1NCc1ccc2c(c1)C(=O)N(C1CCC(=O)NC1=O)C2=O. The van der Waals surface area contributed by atoms with Gasteiger partial charge in [-0.05, 0) is 30.7 Å². The van der Waals surface area contributed by atoms with Gasteiger partial charge in [0.25, 0.3) is 11.8 Å². The van der Waals surface area contributed by atoms with Gasteiger partial charge in [0.2, 0.25) is 17.8 Å². The normalized spacial score (nSPS) is 18.6. The summed E-state index contributed by atoms with van der Waals surface area (Å²) in [5, 5.41) is 9.59. The third kappa shape index (κ3) is 3.43. The molecule has 4 rings (SSSR count). The molecular formula is C19H21N7O4. The fraction of sp³-hybridized carbons (Fsp3) is 0.368. The molecule has 2 aliphatic heterocycles. The van der Waals surface area contributed by atoms with Crippen molar-refractivity contribution in [1.82, 2.24) is 25.0 Å². The average molecular weight is 411 g/mol. The predicted molar refractivity (Wildman–Crippen MR) is 104 cm³/mol. The van der Waals surface area contributed by atoms with E-state index in [4.69, 9.17) is 5.73 Å². The van der Waals surface area contributed by atoms with Gasteiger partial charge in [-0.3, -0.25) is 29.4 Å². The molecule has 30 heavy (non-hydrogen) atoms. The second-order valence-corrected chi connectivity index (χ2v) is 7.19. The van der Waals surface area contributed by atoms with Gasteiger partial charge in [0, 0.05) is 26.4 Å². The van der Waals surface area contributed by atoms with E-state index in [2.05, 4.69) is 20.7 Å². The molecule has 0 radical (unpaired) electrons. The van der Waals surface area contributed by atoms with Gasteiger partial charge in [-0.15, -0.1) is 0 Å². The highest BCUT2D eigenvalue weighted by Crippen LogP contribution is 2.28. The van der Waals surface area contributed by atoms with Crippen molar-refractivity contribution in [2.24, 2.45) is 12.8 Å². The summed E-state index contributed by atoms with van der Waals surface area (Å²) in [6, 6.07) is 3.97. The largest absolute Gasteiger partial charge is 0.350 e. The van der Waals surface area contributed by atoms with Crippen LogP contribution in [-0.4, -0.2) is 55.9 Å². The van der Waals surface area contributed by atoms with Crippen molar-refractivity contribution in [2.45, 2.75) is 31.8 Å². The highest BCUT2D eigenvalue weighted by molar-refractivity contribution is 6.23. The number of piperidine rings is 1. The minimum Gasteiger partial charge on any atom is -0.350 e. The second-order valence-electron chi connectivity index (χ2n) is 7.19. The lowest BCUT2D eigenvalue weighted by Crippen LogP contribution is -2.54. The number of fused-ring (bicyclic) bond motifs is 1. The minimum atomic E-state index is -0.976. The van der Waals surface area contributed by atoms with Crippen LogP contribution >= 0.6 is 0 Å². The molecule has 1 aromatic heterocycles. The molecule has 1 unspecified atom stereocenters. The average Bonchev–Trinajstić information content (AvgIpc) is 3.18.